The van der Waals surface area contributed by atoms with Gasteiger partial charge in [0, 0.05) is 10.4 Å². The lowest BCUT2D eigenvalue weighted by Crippen LogP contribution is -2.40. The molecule has 1 amide bonds. The molecule has 0 bridgehead atoms. The Bertz CT molecular complexity index is 1260. The van der Waals surface area contributed by atoms with Gasteiger partial charge in [-0.1, -0.05) is 24.3 Å². The number of para-hydroxylation sites is 3. The van der Waals surface area contributed by atoms with Crippen molar-refractivity contribution < 1.29 is 14.3 Å². The van der Waals surface area contributed by atoms with E-state index in [9.17, 15) is 4.79 Å². The van der Waals surface area contributed by atoms with Crippen molar-refractivity contribution in [3.63, 3.8) is 0 Å². The highest BCUT2D eigenvalue weighted by Crippen LogP contribution is 2.46. The summed E-state index contributed by atoms with van der Waals surface area (Å²) in [5, 5.41) is 5.00. The summed E-state index contributed by atoms with van der Waals surface area (Å²) in [6, 6.07) is 15.6. The highest BCUT2D eigenvalue weighted by molar-refractivity contribution is 7.22. The quantitative estimate of drug-likeness (QED) is 0.438. The predicted molar refractivity (Wildman–Crippen MR) is 125 cm³/mol. The van der Waals surface area contributed by atoms with Crippen molar-refractivity contribution in [1.29, 1.82) is 0 Å². The van der Waals surface area contributed by atoms with E-state index in [1.165, 1.54) is 23.3 Å². The SMILES string of the molecule is O=C(Nc1sc2c(c1-c1nc3ccccc3s1)CCCC2)[C@@H]1COc2ccccc2O1. The van der Waals surface area contributed by atoms with Gasteiger partial charge < -0.3 is 14.8 Å². The number of hydrogen-bond acceptors (Lipinski definition) is 6. The number of rotatable bonds is 3. The van der Waals surface area contributed by atoms with Crippen molar-refractivity contribution in [2.45, 2.75) is 31.8 Å². The van der Waals surface area contributed by atoms with E-state index in [0.717, 1.165) is 38.6 Å². The number of benzene rings is 2. The molecule has 4 aromatic rings. The molecule has 1 aliphatic carbocycles. The van der Waals surface area contributed by atoms with E-state index in [2.05, 4.69) is 11.4 Å². The van der Waals surface area contributed by atoms with Crippen LogP contribution in [-0.2, 0) is 17.6 Å². The maximum atomic E-state index is 13.1. The molecular weight excluding hydrogens is 428 g/mol. The number of nitrogens with one attached hydrogen (secondary N) is 1. The van der Waals surface area contributed by atoms with Crippen molar-refractivity contribution >= 4 is 43.8 Å². The van der Waals surface area contributed by atoms with Crippen LogP contribution in [0.25, 0.3) is 20.8 Å². The molecule has 0 fully saturated rings. The second-order valence-corrected chi connectivity index (χ2v) is 9.89. The highest BCUT2D eigenvalue weighted by atomic mass is 32.1. The van der Waals surface area contributed by atoms with Crippen molar-refractivity contribution in [2.24, 2.45) is 0 Å². The maximum absolute atomic E-state index is 13.1. The molecule has 0 saturated carbocycles. The molecule has 31 heavy (non-hydrogen) atoms. The van der Waals surface area contributed by atoms with Crippen LogP contribution in [0.2, 0.25) is 0 Å². The van der Waals surface area contributed by atoms with Gasteiger partial charge in [0.1, 0.15) is 16.6 Å². The molecule has 5 nitrogen and oxygen atoms in total. The van der Waals surface area contributed by atoms with Crippen LogP contribution in [0.1, 0.15) is 23.3 Å². The minimum atomic E-state index is -0.683. The van der Waals surface area contributed by atoms with Gasteiger partial charge in [-0.15, -0.1) is 22.7 Å². The molecule has 1 aliphatic heterocycles. The van der Waals surface area contributed by atoms with Crippen LogP contribution in [0, 0.1) is 0 Å². The van der Waals surface area contributed by atoms with Gasteiger partial charge in [0.15, 0.2) is 11.5 Å². The fourth-order valence-corrected chi connectivity index (χ4v) is 6.60. The van der Waals surface area contributed by atoms with Crippen LogP contribution >= 0.6 is 22.7 Å². The molecule has 3 heterocycles. The summed E-state index contributed by atoms with van der Waals surface area (Å²) < 4.78 is 12.8. The number of anilines is 1. The largest absolute Gasteiger partial charge is 0.485 e. The molecule has 7 heteroatoms. The van der Waals surface area contributed by atoms with E-state index < -0.39 is 6.10 Å². The highest BCUT2D eigenvalue weighted by Gasteiger charge is 2.30. The standard InChI is InChI=1S/C24H20N2O3S2/c27-22(18-13-28-16-9-3-4-10-17(16)29-18)26-24-21(14-7-1-5-11-19(14)30-24)23-25-15-8-2-6-12-20(15)31-23/h2-4,6,8-10,12,18H,1,5,7,11,13H2,(H,26,27)/t18-/m0/s1. The zero-order valence-electron chi connectivity index (χ0n) is 16.7. The molecular formula is C24H20N2O3S2. The van der Waals surface area contributed by atoms with Gasteiger partial charge in [0.25, 0.3) is 5.91 Å². The lowest BCUT2D eigenvalue weighted by Gasteiger charge is -2.25. The predicted octanol–water partition coefficient (Wildman–Crippen LogP) is 5.68. The zero-order chi connectivity index (χ0) is 20.8. The number of amides is 1. The minimum absolute atomic E-state index is 0.185. The zero-order valence-corrected chi connectivity index (χ0v) is 18.4. The van der Waals surface area contributed by atoms with Crippen LogP contribution in [0.4, 0.5) is 5.00 Å². The second kappa shape index (κ2) is 7.66. The molecule has 0 spiro atoms. The normalized spacial score (nSPS) is 17.4. The number of carbonyl (C=O) groups excluding carboxylic acids is 1. The Morgan fingerprint density at radius 1 is 1.00 bits per heavy atom. The fraction of sp³-hybridized carbons (Fsp3) is 0.250. The summed E-state index contributed by atoms with van der Waals surface area (Å²) in [4.78, 5) is 19.4. The molecule has 1 N–H and O–H groups in total. The van der Waals surface area contributed by atoms with E-state index in [1.54, 1.807) is 22.7 Å². The molecule has 2 aromatic carbocycles. The van der Waals surface area contributed by atoms with Gasteiger partial charge in [-0.05, 0) is 55.5 Å². The van der Waals surface area contributed by atoms with Crippen molar-refractivity contribution in [2.75, 3.05) is 11.9 Å². The number of aromatic nitrogens is 1. The minimum Gasteiger partial charge on any atom is -0.485 e. The summed E-state index contributed by atoms with van der Waals surface area (Å²) in [5.74, 6) is 1.09. The second-order valence-electron chi connectivity index (χ2n) is 7.76. The van der Waals surface area contributed by atoms with Gasteiger partial charge in [-0.25, -0.2) is 4.98 Å². The Kier molecular flexibility index (Phi) is 4.65. The Labute approximate surface area is 187 Å². The van der Waals surface area contributed by atoms with E-state index >= 15 is 0 Å². The topological polar surface area (TPSA) is 60.5 Å². The van der Waals surface area contributed by atoms with Gasteiger partial charge in [0.05, 0.1) is 10.2 Å². The van der Waals surface area contributed by atoms with Gasteiger partial charge in [-0.2, -0.15) is 0 Å². The molecule has 6 rings (SSSR count). The van der Waals surface area contributed by atoms with Crippen LogP contribution in [-0.4, -0.2) is 23.6 Å². The fourth-order valence-electron chi connectivity index (χ4n) is 4.20. The third kappa shape index (κ3) is 3.38. The van der Waals surface area contributed by atoms with E-state index in [-0.39, 0.29) is 12.5 Å². The van der Waals surface area contributed by atoms with E-state index in [0.29, 0.717) is 11.5 Å². The van der Waals surface area contributed by atoms with E-state index in [1.807, 2.05) is 42.5 Å². The van der Waals surface area contributed by atoms with Gasteiger partial charge in [0.2, 0.25) is 6.10 Å². The lowest BCUT2D eigenvalue weighted by atomic mass is 9.95. The molecule has 156 valence electrons. The average molecular weight is 449 g/mol. The first kappa shape index (κ1) is 18.8. The van der Waals surface area contributed by atoms with Crippen molar-refractivity contribution in [3.8, 4) is 22.1 Å². The number of nitrogens with zero attached hydrogens (tertiary/aromatic N) is 1. The van der Waals surface area contributed by atoms with Crippen LogP contribution in [0.3, 0.4) is 0 Å². The summed E-state index contributed by atoms with van der Waals surface area (Å²) in [6.07, 6.45) is 3.77. The summed E-state index contributed by atoms with van der Waals surface area (Å²) in [7, 11) is 0. The van der Waals surface area contributed by atoms with Crippen molar-refractivity contribution in [3.05, 3.63) is 59.0 Å². The smallest absolute Gasteiger partial charge is 0.269 e. The third-order valence-electron chi connectivity index (χ3n) is 5.72. The lowest BCUT2D eigenvalue weighted by molar-refractivity contribution is -0.125. The number of carbonyl (C=O) groups is 1. The van der Waals surface area contributed by atoms with Crippen molar-refractivity contribution in [1.82, 2.24) is 4.98 Å². The van der Waals surface area contributed by atoms with Gasteiger partial charge >= 0.3 is 0 Å². The Balaban J connectivity index is 1.35. The Hall–Kier alpha value is -2.90. The van der Waals surface area contributed by atoms with Crippen LogP contribution in [0.15, 0.2) is 48.5 Å². The number of hydrogen-bond donors (Lipinski definition) is 1. The molecule has 0 saturated heterocycles. The number of thiophene rings is 1. The maximum Gasteiger partial charge on any atom is 0.269 e. The summed E-state index contributed by atoms with van der Waals surface area (Å²) in [6.45, 7) is 0.199. The molecule has 0 radical (unpaired) electrons. The average Bonchev–Trinajstić information content (AvgIpc) is 3.39. The first-order valence-electron chi connectivity index (χ1n) is 10.5. The summed E-state index contributed by atoms with van der Waals surface area (Å²) >= 11 is 3.37. The third-order valence-corrected chi connectivity index (χ3v) is 7.98. The molecule has 0 unspecified atom stereocenters. The number of fused-ring (bicyclic) bond motifs is 3. The first-order valence-corrected chi connectivity index (χ1v) is 12.1. The number of aryl methyl sites for hydroxylation is 1. The molecule has 1 atom stereocenters. The summed E-state index contributed by atoms with van der Waals surface area (Å²) in [5.41, 5.74) is 3.43. The molecule has 2 aromatic heterocycles. The Morgan fingerprint density at radius 2 is 1.81 bits per heavy atom. The Morgan fingerprint density at radius 3 is 2.71 bits per heavy atom. The molecule has 2 aliphatic rings. The number of ether oxygens (including phenoxy) is 2. The first-order chi connectivity index (χ1) is 15.3. The number of thiazole rings is 1. The van der Waals surface area contributed by atoms with E-state index in [4.69, 9.17) is 14.5 Å². The monoisotopic (exact) mass is 448 g/mol. The van der Waals surface area contributed by atoms with Crippen LogP contribution < -0.4 is 14.8 Å². The van der Waals surface area contributed by atoms with Gasteiger partial charge in [-0.3, -0.25) is 4.79 Å². The van der Waals surface area contributed by atoms with Crippen LogP contribution in [0.5, 0.6) is 11.5 Å².